The number of H-pyrrole nitrogens is 1. The number of aliphatic hydroxyl groups is 1. The molecule has 1 fully saturated rings. The number of nitrogens with one attached hydrogen (secondary N) is 1. The first-order valence-corrected chi connectivity index (χ1v) is 8.02. The van der Waals surface area contributed by atoms with Crippen LogP contribution in [-0.4, -0.2) is 47.8 Å². The molecule has 1 aromatic carbocycles. The van der Waals surface area contributed by atoms with Crippen molar-refractivity contribution in [3.8, 4) is 0 Å². The van der Waals surface area contributed by atoms with E-state index >= 15 is 0 Å². The summed E-state index contributed by atoms with van der Waals surface area (Å²) in [5.74, 6) is 0.566. The van der Waals surface area contributed by atoms with E-state index < -0.39 is 0 Å². The fraction of sp³-hybridized carbons (Fsp3) is 0.529. The number of aromatic amines is 1. The van der Waals surface area contributed by atoms with Crippen molar-refractivity contribution in [2.24, 2.45) is 11.7 Å². The molecule has 2 heterocycles. The van der Waals surface area contributed by atoms with Crippen LogP contribution >= 0.6 is 0 Å². The SMILES string of the molecule is NCC(c1c[nH]c2ccc(F)cc12)C1CCN(CCO)CC1. The molecule has 0 radical (unpaired) electrons. The molecule has 1 saturated heterocycles. The number of nitrogens with zero attached hydrogens (tertiary/aromatic N) is 1. The van der Waals surface area contributed by atoms with E-state index in [1.807, 2.05) is 6.20 Å². The van der Waals surface area contributed by atoms with Gasteiger partial charge in [-0.1, -0.05) is 0 Å². The normalized spacial score (nSPS) is 18.9. The fourth-order valence-corrected chi connectivity index (χ4v) is 3.71. The monoisotopic (exact) mass is 305 g/mol. The number of halogens is 1. The van der Waals surface area contributed by atoms with Gasteiger partial charge in [0.05, 0.1) is 6.61 Å². The lowest BCUT2D eigenvalue weighted by atomic mass is 9.80. The Morgan fingerprint density at radius 2 is 2.14 bits per heavy atom. The van der Waals surface area contributed by atoms with Crippen molar-refractivity contribution in [2.75, 3.05) is 32.8 Å². The van der Waals surface area contributed by atoms with Gasteiger partial charge in [-0.25, -0.2) is 4.39 Å². The summed E-state index contributed by atoms with van der Waals surface area (Å²) in [5, 5.41) is 9.99. The first kappa shape index (κ1) is 15.5. The van der Waals surface area contributed by atoms with Crippen LogP contribution < -0.4 is 5.73 Å². The van der Waals surface area contributed by atoms with Gasteiger partial charge in [0.25, 0.3) is 0 Å². The zero-order valence-corrected chi connectivity index (χ0v) is 12.8. The van der Waals surface area contributed by atoms with Gasteiger partial charge >= 0.3 is 0 Å². The number of benzene rings is 1. The van der Waals surface area contributed by atoms with Gasteiger partial charge < -0.3 is 20.7 Å². The number of rotatable bonds is 5. The Morgan fingerprint density at radius 3 is 2.82 bits per heavy atom. The van der Waals surface area contributed by atoms with Crippen molar-refractivity contribution >= 4 is 10.9 Å². The number of β-amino-alcohol motifs (C(OH)–C–C–N with tert-alkyl or cyclic N) is 1. The molecule has 0 spiro atoms. The minimum Gasteiger partial charge on any atom is -0.395 e. The molecule has 5 heteroatoms. The summed E-state index contributed by atoms with van der Waals surface area (Å²) in [6, 6.07) is 4.86. The number of piperidine rings is 1. The summed E-state index contributed by atoms with van der Waals surface area (Å²) in [6.45, 7) is 3.54. The van der Waals surface area contributed by atoms with Crippen LogP contribution in [0.1, 0.15) is 24.3 Å². The van der Waals surface area contributed by atoms with E-state index in [0.29, 0.717) is 12.5 Å². The van der Waals surface area contributed by atoms with Crippen LogP contribution in [0.3, 0.4) is 0 Å². The number of likely N-dealkylation sites (tertiary alicyclic amines) is 1. The summed E-state index contributed by atoms with van der Waals surface area (Å²) in [7, 11) is 0. The second-order valence-electron chi connectivity index (χ2n) is 6.18. The molecular formula is C17H24FN3O. The lowest BCUT2D eigenvalue weighted by Gasteiger charge is -2.35. The molecule has 1 aromatic heterocycles. The average molecular weight is 305 g/mol. The van der Waals surface area contributed by atoms with Gasteiger partial charge in [-0.15, -0.1) is 0 Å². The Bertz CT molecular complexity index is 619. The second-order valence-corrected chi connectivity index (χ2v) is 6.18. The molecule has 0 saturated carbocycles. The second kappa shape index (κ2) is 6.77. The van der Waals surface area contributed by atoms with Gasteiger partial charge in [0.15, 0.2) is 0 Å². The molecule has 2 aromatic rings. The zero-order chi connectivity index (χ0) is 15.5. The Balaban J connectivity index is 1.80. The van der Waals surface area contributed by atoms with Crippen molar-refractivity contribution in [3.63, 3.8) is 0 Å². The molecule has 0 bridgehead atoms. The predicted octanol–water partition coefficient (Wildman–Crippen LogP) is 2.05. The Kier molecular flexibility index (Phi) is 4.76. The molecular weight excluding hydrogens is 281 g/mol. The van der Waals surface area contributed by atoms with Crippen LogP contribution in [0.15, 0.2) is 24.4 Å². The molecule has 1 aliphatic heterocycles. The lowest BCUT2D eigenvalue weighted by Crippen LogP contribution is -2.38. The summed E-state index contributed by atoms with van der Waals surface area (Å²) >= 11 is 0. The number of hydrogen-bond acceptors (Lipinski definition) is 3. The summed E-state index contributed by atoms with van der Waals surface area (Å²) in [4.78, 5) is 5.52. The molecule has 1 aliphatic rings. The van der Waals surface area contributed by atoms with Gasteiger partial charge in [-0.3, -0.25) is 0 Å². The summed E-state index contributed by atoms with van der Waals surface area (Å²) < 4.78 is 13.6. The standard InChI is InChI=1S/C17H24FN3O/c18-13-1-2-17-14(9-13)16(11-20-17)15(10-19)12-3-5-21(6-4-12)7-8-22/h1-2,9,11-12,15,20,22H,3-8,10,19H2. The van der Waals surface area contributed by atoms with Crippen LogP contribution in [0.25, 0.3) is 10.9 Å². The maximum atomic E-state index is 13.6. The molecule has 22 heavy (non-hydrogen) atoms. The van der Waals surface area contributed by atoms with E-state index in [1.165, 1.54) is 6.07 Å². The molecule has 1 atom stereocenters. The maximum Gasteiger partial charge on any atom is 0.123 e. The fourth-order valence-electron chi connectivity index (χ4n) is 3.71. The van der Waals surface area contributed by atoms with E-state index in [2.05, 4.69) is 9.88 Å². The minimum atomic E-state index is -0.207. The third-order valence-corrected chi connectivity index (χ3v) is 4.95. The first-order chi connectivity index (χ1) is 10.7. The summed E-state index contributed by atoms with van der Waals surface area (Å²) in [5.41, 5.74) is 8.16. The topological polar surface area (TPSA) is 65.3 Å². The van der Waals surface area contributed by atoms with Gasteiger partial charge in [0, 0.05) is 29.6 Å². The summed E-state index contributed by atoms with van der Waals surface area (Å²) in [6.07, 6.45) is 4.13. The maximum absolute atomic E-state index is 13.6. The van der Waals surface area contributed by atoms with Crippen LogP contribution in [0.2, 0.25) is 0 Å². The highest BCUT2D eigenvalue weighted by atomic mass is 19.1. The van der Waals surface area contributed by atoms with E-state index in [-0.39, 0.29) is 18.3 Å². The average Bonchev–Trinajstić information content (AvgIpc) is 2.93. The highest BCUT2D eigenvalue weighted by molar-refractivity contribution is 5.83. The quantitative estimate of drug-likeness (QED) is 0.792. The van der Waals surface area contributed by atoms with Crippen LogP contribution in [0.5, 0.6) is 0 Å². The van der Waals surface area contributed by atoms with Gasteiger partial charge in [-0.05, 0) is 62.2 Å². The highest BCUT2D eigenvalue weighted by Crippen LogP contribution is 2.35. The van der Waals surface area contributed by atoms with Crippen LogP contribution in [0, 0.1) is 11.7 Å². The number of hydrogen-bond donors (Lipinski definition) is 3. The molecule has 1 unspecified atom stereocenters. The first-order valence-electron chi connectivity index (χ1n) is 8.02. The van der Waals surface area contributed by atoms with Crippen molar-refractivity contribution in [1.29, 1.82) is 0 Å². The Hall–Kier alpha value is -1.43. The molecule has 3 rings (SSSR count). The van der Waals surface area contributed by atoms with E-state index in [1.54, 1.807) is 12.1 Å². The van der Waals surface area contributed by atoms with Crippen LogP contribution in [0.4, 0.5) is 4.39 Å². The van der Waals surface area contributed by atoms with Crippen LogP contribution in [-0.2, 0) is 0 Å². The lowest BCUT2D eigenvalue weighted by molar-refractivity contribution is 0.138. The van der Waals surface area contributed by atoms with Gasteiger partial charge in [0.1, 0.15) is 5.82 Å². The number of aromatic nitrogens is 1. The molecule has 0 amide bonds. The van der Waals surface area contributed by atoms with Crippen molar-refractivity contribution in [2.45, 2.75) is 18.8 Å². The third kappa shape index (κ3) is 3.02. The number of aliphatic hydroxyl groups excluding tert-OH is 1. The molecule has 4 N–H and O–H groups in total. The van der Waals surface area contributed by atoms with Gasteiger partial charge in [-0.2, -0.15) is 0 Å². The smallest absolute Gasteiger partial charge is 0.123 e. The van der Waals surface area contributed by atoms with Crippen molar-refractivity contribution < 1.29 is 9.50 Å². The van der Waals surface area contributed by atoms with E-state index in [4.69, 9.17) is 10.8 Å². The third-order valence-electron chi connectivity index (χ3n) is 4.95. The largest absolute Gasteiger partial charge is 0.395 e. The number of nitrogens with two attached hydrogens (primary N) is 1. The van der Waals surface area contributed by atoms with Crippen molar-refractivity contribution in [1.82, 2.24) is 9.88 Å². The molecule has 120 valence electrons. The van der Waals surface area contributed by atoms with E-state index in [0.717, 1.165) is 48.9 Å². The molecule has 0 aliphatic carbocycles. The minimum absolute atomic E-state index is 0.207. The Morgan fingerprint density at radius 1 is 1.36 bits per heavy atom. The zero-order valence-electron chi connectivity index (χ0n) is 12.8. The highest BCUT2D eigenvalue weighted by Gasteiger charge is 2.28. The van der Waals surface area contributed by atoms with Gasteiger partial charge in [0.2, 0.25) is 0 Å². The predicted molar refractivity (Wildman–Crippen MR) is 86.3 cm³/mol. The molecule has 4 nitrogen and oxygen atoms in total. The van der Waals surface area contributed by atoms with E-state index in [9.17, 15) is 4.39 Å². The van der Waals surface area contributed by atoms with Crippen molar-refractivity contribution in [3.05, 3.63) is 35.8 Å². The Labute approximate surface area is 130 Å². The number of fused-ring (bicyclic) bond motifs is 1.